The molecule has 5 nitrogen and oxygen atoms in total. The summed E-state index contributed by atoms with van der Waals surface area (Å²) in [6, 6.07) is 15.8. The number of aryl methyl sites for hydroxylation is 1. The summed E-state index contributed by atoms with van der Waals surface area (Å²) in [7, 11) is -3.88. The van der Waals surface area contributed by atoms with E-state index in [1.807, 2.05) is 25.1 Å². The predicted molar refractivity (Wildman–Crippen MR) is 136 cm³/mol. The van der Waals surface area contributed by atoms with Crippen LogP contribution >= 0.6 is 0 Å². The Morgan fingerprint density at radius 1 is 1.15 bits per heavy atom. The fraction of sp³-hybridized carbons (Fsp3) is 0.464. The van der Waals surface area contributed by atoms with E-state index in [0.717, 1.165) is 24.8 Å². The number of hydrogen-bond donors (Lipinski definition) is 1. The second-order valence-corrected chi connectivity index (χ2v) is 11.8. The molecule has 1 fully saturated rings. The van der Waals surface area contributed by atoms with Gasteiger partial charge < -0.3 is 4.74 Å². The van der Waals surface area contributed by atoms with Gasteiger partial charge in [0.15, 0.2) is 0 Å². The van der Waals surface area contributed by atoms with E-state index in [-0.39, 0.29) is 28.8 Å². The molecule has 1 aliphatic rings. The van der Waals surface area contributed by atoms with Crippen molar-refractivity contribution in [1.82, 2.24) is 4.72 Å². The molecule has 184 valence electrons. The number of rotatable bonds is 9. The molecule has 4 atom stereocenters. The molecule has 6 heteroatoms. The fourth-order valence-electron chi connectivity index (χ4n) is 4.93. The Hall–Kier alpha value is -2.44. The van der Waals surface area contributed by atoms with Crippen molar-refractivity contribution in [2.45, 2.75) is 75.8 Å². The zero-order valence-electron chi connectivity index (χ0n) is 20.7. The van der Waals surface area contributed by atoms with Crippen molar-refractivity contribution in [2.24, 2.45) is 11.8 Å². The van der Waals surface area contributed by atoms with E-state index in [9.17, 15) is 13.2 Å². The van der Waals surface area contributed by atoms with Crippen LogP contribution in [0.3, 0.4) is 0 Å². The van der Waals surface area contributed by atoms with Gasteiger partial charge >= 0.3 is 5.97 Å². The molecule has 0 saturated heterocycles. The molecule has 2 aromatic carbocycles. The van der Waals surface area contributed by atoms with Gasteiger partial charge in [0.25, 0.3) is 0 Å². The molecule has 3 rings (SSSR count). The standard InChI is InChI=1S/C28H37NO4S/c1-6-10-25(29-34(31,32)23-16-13-20(2)14-17-23)27(30)33-26-19-21(3)15-18-24(26)28(4,5)22-11-8-7-9-12-22/h6-9,11-14,16-17,21,24-26,29H,1,10,15,18-19H2,2-5H3/t21-,24-,25+,26-/m1/s1. The maximum absolute atomic E-state index is 13.3. The average molecular weight is 484 g/mol. The number of carbonyl (C=O) groups is 1. The van der Waals surface area contributed by atoms with E-state index in [1.165, 1.54) is 17.7 Å². The Balaban J connectivity index is 1.81. The third kappa shape index (κ3) is 6.16. The van der Waals surface area contributed by atoms with Gasteiger partial charge in [-0.2, -0.15) is 4.72 Å². The van der Waals surface area contributed by atoms with E-state index in [4.69, 9.17) is 4.74 Å². The molecule has 0 spiro atoms. The Bertz CT molecular complexity index is 1080. The van der Waals surface area contributed by atoms with Crippen LogP contribution in [0.5, 0.6) is 0 Å². The van der Waals surface area contributed by atoms with Gasteiger partial charge in [-0.3, -0.25) is 4.79 Å². The Morgan fingerprint density at radius 3 is 2.41 bits per heavy atom. The molecule has 0 bridgehead atoms. The van der Waals surface area contributed by atoms with Gasteiger partial charge in [-0.25, -0.2) is 8.42 Å². The highest BCUT2D eigenvalue weighted by molar-refractivity contribution is 7.89. The minimum absolute atomic E-state index is 0.120. The first-order valence-electron chi connectivity index (χ1n) is 12.0. The molecular formula is C28H37NO4S. The third-order valence-electron chi connectivity index (χ3n) is 7.08. The molecule has 0 radical (unpaired) electrons. The zero-order chi connectivity index (χ0) is 24.9. The lowest BCUT2D eigenvalue weighted by Crippen LogP contribution is -2.47. The van der Waals surface area contributed by atoms with Gasteiger partial charge in [0, 0.05) is 5.92 Å². The normalized spacial score (nSPS) is 22.1. The highest BCUT2D eigenvalue weighted by Gasteiger charge is 2.42. The molecule has 0 aromatic heterocycles. The van der Waals surface area contributed by atoms with Crippen molar-refractivity contribution in [1.29, 1.82) is 0 Å². The highest BCUT2D eigenvalue weighted by Crippen LogP contribution is 2.43. The summed E-state index contributed by atoms with van der Waals surface area (Å²) in [5.41, 5.74) is 1.97. The first-order valence-corrected chi connectivity index (χ1v) is 13.5. The summed E-state index contributed by atoms with van der Waals surface area (Å²) in [5.74, 6) is 0.0133. The van der Waals surface area contributed by atoms with Crippen molar-refractivity contribution in [3.8, 4) is 0 Å². The van der Waals surface area contributed by atoms with Gasteiger partial charge in [-0.15, -0.1) is 6.58 Å². The molecule has 2 aromatic rings. The van der Waals surface area contributed by atoms with Crippen LogP contribution in [0.25, 0.3) is 0 Å². The van der Waals surface area contributed by atoms with Crippen LogP contribution in [0.15, 0.2) is 72.1 Å². The lowest BCUT2D eigenvalue weighted by Gasteiger charge is -2.44. The number of esters is 1. The molecule has 0 unspecified atom stereocenters. The first-order chi connectivity index (χ1) is 16.0. The van der Waals surface area contributed by atoms with Crippen LogP contribution in [0, 0.1) is 18.8 Å². The second-order valence-electron chi connectivity index (χ2n) is 10.1. The van der Waals surface area contributed by atoms with Crippen LogP contribution < -0.4 is 4.72 Å². The first kappa shape index (κ1) is 26.2. The minimum Gasteiger partial charge on any atom is -0.461 e. The van der Waals surface area contributed by atoms with E-state index in [2.05, 4.69) is 44.2 Å². The third-order valence-corrected chi connectivity index (χ3v) is 8.57. The van der Waals surface area contributed by atoms with Crippen molar-refractivity contribution < 1.29 is 17.9 Å². The quantitative estimate of drug-likeness (QED) is 0.375. The molecule has 1 aliphatic carbocycles. The molecule has 0 amide bonds. The summed E-state index contributed by atoms with van der Waals surface area (Å²) in [5, 5.41) is 0. The molecule has 34 heavy (non-hydrogen) atoms. The number of ether oxygens (including phenoxy) is 1. The highest BCUT2D eigenvalue weighted by atomic mass is 32.2. The summed E-state index contributed by atoms with van der Waals surface area (Å²) in [6.45, 7) is 12.2. The topological polar surface area (TPSA) is 72.5 Å². The van der Waals surface area contributed by atoms with Crippen molar-refractivity contribution in [3.63, 3.8) is 0 Å². The second kappa shape index (κ2) is 10.9. The number of benzene rings is 2. The maximum Gasteiger partial charge on any atom is 0.324 e. The van der Waals surface area contributed by atoms with Crippen LogP contribution in [-0.2, 0) is 25.0 Å². The minimum atomic E-state index is -3.88. The predicted octanol–water partition coefficient (Wildman–Crippen LogP) is 5.54. The largest absolute Gasteiger partial charge is 0.461 e. The summed E-state index contributed by atoms with van der Waals surface area (Å²) >= 11 is 0. The van der Waals surface area contributed by atoms with Crippen LogP contribution in [-0.4, -0.2) is 26.5 Å². The average Bonchev–Trinajstić information content (AvgIpc) is 2.79. The van der Waals surface area contributed by atoms with Crippen LogP contribution in [0.2, 0.25) is 0 Å². The van der Waals surface area contributed by atoms with Crippen molar-refractivity contribution >= 4 is 16.0 Å². The smallest absolute Gasteiger partial charge is 0.324 e. The summed E-state index contributed by atoms with van der Waals surface area (Å²) < 4.78 is 34.5. The van der Waals surface area contributed by atoms with E-state index in [0.29, 0.717) is 5.92 Å². The van der Waals surface area contributed by atoms with Gasteiger partial charge in [-0.1, -0.05) is 81.3 Å². The van der Waals surface area contributed by atoms with Gasteiger partial charge in [0.2, 0.25) is 10.0 Å². The Morgan fingerprint density at radius 2 is 1.79 bits per heavy atom. The molecule has 1 N–H and O–H groups in total. The summed E-state index contributed by atoms with van der Waals surface area (Å²) in [4.78, 5) is 13.4. The number of carbonyl (C=O) groups excluding carboxylic acids is 1. The Kier molecular flexibility index (Phi) is 8.37. The lowest BCUT2D eigenvalue weighted by molar-refractivity contribution is -0.158. The van der Waals surface area contributed by atoms with E-state index in [1.54, 1.807) is 18.2 Å². The number of nitrogens with one attached hydrogen (secondary N) is 1. The van der Waals surface area contributed by atoms with Crippen LogP contribution in [0.1, 0.15) is 57.6 Å². The molecule has 0 heterocycles. The van der Waals surface area contributed by atoms with Crippen LogP contribution in [0.4, 0.5) is 0 Å². The zero-order valence-corrected chi connectivity index (χ0v) is 21.5. The van der Waals surface area contributed by atoms with E-state index < -0.39 is 22.0 Å². The van der Waals surface area contributed by atoms with Gasteiger partial charge in [-0.05, 0) is 55.2 Å². The van der Waals surface area contributed by atoms with Crippen molar-refractivity contribution in [2.75, 3.05) is 0 Å². The summed E-state index contributed by atoms with van der Waals surface area (Å²) in [6.07, 6.45) is 4.19. The maximum atomic E-state index is 13.3. The molecule has 1 saturated carbocycles. The van der Waals surface area contributed by atoms with Gasteiger partial charge in [0.1, 0.15) is 12.1 Å². The molecular weight excluding hydrogens is 446 g/mol. The molecule has 0 aliphatic heterocycles. The SMILES string of the molecule is C=CC[C@H](NS(=O)(=O)c1ccc(C)cc1)C(=O)O[C@@H]1C[C@H](C)CC[C@H]1C(C)(C)c1ccccc1. The lowest BCUT2D eigenvalue weighted by atomic mass is 9.64. The fourth-order valence-corrected chi connectivity index (χ4v) is 6.13. The van der Waals surface area contributed by atoms with E-state index >= 15 is 0 Å². The van der Waals surface area contributed by atoms with Gasteiger partial charge in [0.05, 0.1) is 4.90 Å². The Labute approximate surface area is 204 Å². The van der Waals surface area contributed by atoms with Crippen molar-refractivity contribution in [3.05, 3.63) is 78.4 Å². The number of sulfonamides is 1. The number of hydrogen-bond acceptors (Lipinski definition) is 4. The monoisotopic (exact) mass is 483 g/mol.